The number of unbranched alkanes of at least 4 members (excludes halogenated alkanes) is 20. The van der Waals surface area contributed by atoms with Gasteiger partial charge < -0.3 is 34.9 Å². The Hall–Kier alpha value is -11.4. The van der Waals surface area contributed by atoms with Crippen LogP contribution in [-0.4, -0.2) is 54.0 Å². The van der Waals surface area contributed by atoms with Crippen molar-refractivity contribution in [1.29, 1.82) is 0 Å². The number of rotatable bonds is 45. The minimum atomic E-state index is -0.511. The van der Waals surface area contributed by atoms with Gasteiger partial charge in [0.25, 0.3) is 0 Å². The van der Waals surface area contributed by atoms with Gasteiger partial charge in [0.15, 0.2) is 0 Å². The summed E-state index contributed by atoms with van der Waals surface area (Å²) in [5, 5.41) is 17.3. The van der Waals surface area contributed by atoms with Gasteiger partial charge in [-0.25, -0.2) is 9.59 Å². The maximum absolute atomic E-state index is 12.7. The molecule has 0 bridgehead atoms. The molecule has 0 aliphatic rings. The van der Waals surface area contributed by atoms with Crippen LogP contribution in [-0.2, 0) is 25.7 Å². The van der Waals surface area contributed by atoms with E-state index in [1.54, 1.807) is 73.0 Å². The van der Waals surface area contributed by atoms with Crippen molar-refractivity contribution in [3.63, 3.8) is 0 Å². The van der Waals surface area contributed by atoms with Crippen LogP contribution in [0, 0.1) is 0 Å². The molecular weight excluding hydrogens is 1420 g/mol. The quantitative estimate of drug-likeness (QED) is 0.00838. The van der Waals surface area contributed by atoms with Gasteiger partial charge in [-0.05, 0) is 254 Å². The molecule has 12 heteroatoms. The highest BCUT2D eigenvalue weighted by Crippen LogP contribution is 2.26. The van der Waals surface area contributed by atoms with Gasteiger partial charge in [0, 0.05) is 36.5 Å². The Morgan fingerprint density at radius 1 is 0.330 bits per heavy atom. The van der Waals surface area contributed by atoms with Crippen LogP contribution in [0.4, 0.5) is 22.7 Å². The van der Waals surface area contributed by atoms with Gasteiger partial charge in [-0.3, -0.25) is 15.0 Å². The number of hydrogen-bond acceptors (Lipinski definition) is 12. The number of carbonyl (C=O) groups excluding carboxylic acids is 2. The van der Waals surface area contributed by atoms with E-state index in [1.807, 2.05) is 110 Å². The second kappa shape index (κ2) is 56.0. The first-order chi connectivity index (χ1) is 56.4. The van der Waals surface area contributed by atoms with Crippen LogP contribution < -0.4 is 24.7 Å². The number of esters is 2. The van der Waals surface area contributed by atoms with Gasteiger partial charge in [-0.15, -0.1) is 0 Å². The van der Waals surface area contributed by atoms with Crippen molar-refractivity contribution < 1.29 is 38.7 Å². The predicted molar refractivity (Wildman–Crippen MR) is 482 cm³/mol. The topological polar surface area (TPSA) is 175 Å². The second-order valence-electron chi connectivity index (χ2n) is 29.0. The van der Waals surface area contributed by atoms with Gasteiger partial charge >= 0.3 is 11.9 Å². The highest BCUT2D eigenvalue weighted by molar-refractivity contribution is 5.93. The summed E-state index contributed by atoms with van der Waals surface area (Å²) in [6.07, 6.45) is 47.8. The van der Waals surface area contributed by atoms with Crippen LogP contribution in [0.2, 0.25) is 0 Å². The Balaban J connectivity index is 0.000000251. The van der Waals surface area contributed by atoms with E-state index in [9.17, 15) is 9.59 Å². The average molecular weight is 1550 g/mol. The molecule has 10 aromatic rings. The minimum Gasteiger partial charge on any atom is -0.508 e. The van der Waals surface area contributed by atoms with E-state index >= 15 is 0 Å². The van der Waals surface area contributed by atoms with E-state index in [2.05, 4.69) is 122 Å². The molecule has 0 aromatic heterocycles. The molecule has 4 N–H and O–H groups in total. The molecule has 0 saturated carbocycles. The number of aliphatic imine (C=N–C) groups is 3. The third-order valence-electron chi connectivity index (χ3n) is 19.4. The van der Waals surface area contributed by atoms with E-state index in [4.69, 9.17) is 34.9 Å². The number of phenols is 2. The van der Waals surface area contributed by atoms with Gasteiger partial charge in [0.2, 0.25) is 0 Å². The molecule has 10 rings (SSSR count). The number of aryl methyl sites for hydroxylation is 4. The first kappa shape index (κ1) is 90.8. The van der Waals surface area contributed by atoms with Gasteiger partial charge in [-0.1, -0.05) is 254 Å². The Kier molecular flexibility index (Phi) is 44.2. The largest absolute Gasteiger partial charge is 0.508 e. The first-order valence-electron chi connectivity index (χ1n) is 42.1. The van der Waals surface area contributed by atoms with Gasteiger partial charge in [0.05, 0.1) is 28.2 Å². The second-order valence-corrected chi connectivity index (χ2v) is 29.0. The zero-order chi connectivity index (χ0) is 81.4. The fourth-order valence-electron chi connectivity index (χ4n) is 12.4. The van der Waals surface area contributed by atoms with Crippen molar-refractivity contribution in [3.8, 4) is 34.5 Å². The predicted octanol–water partition coefficient (Wildman–Crippen LogP) is 27.7. The summed E-state index contributed by atoms with van der Waals surface area (Å²) in [5.41, 5.74) is 19.6. The number of nitrogens with two attached hydrogens (primary N) is 1. The molecule has 604 valence electrons. The monoisotopic (exact) mass is 1540 g/mol. The van der Waals surface area contributed by atoms with E-state index in [-0.39, 0.29) is 23.0 Å². The number of benzene rings is 10. The maximum Gasteiger partial charge on any atom is 0.343 e. The molecule has 0 radical (unpaired) electrons. The van der Waals surface area contributed by atoms with Crippen LogP contribution >= 0.6 is 0 Å². The van der Waals surface area contributed by atoms with Gasteiger partial charge in [0.1, 0.15) is 47.7 Å². The number of hydrogen-bond donors (Lipinski definition) is 3. The summed E-state index contributed by atoms with van der Waals surface area (Å²) in [6.45, 7) is 13.7. The molecule has 115 heavy (non-hydrogen) atoms. The van der Waals surface area contributed by atoms with Crippen molar-refractivity contribution in [3.05, 3.63) is 317 Å². The molecule has 0 heterocycles. The number of nitrogens with zero attached hydrogens (tertiary/aromatic N) is 3. The van der Waals surface area contributed by atoms with E-state index < -0.39 is 11.9 Å². The number of aromatic hydroxyl groups is 2. The zero-order valence-electron chi connectivity index (χ0n) is 68.7. The van der Waals surface area contributed by atoms with Crippen molar-refractivity contribution in [2.75, 3.05) is 18.9 Å². The van der Waals surface area contributed by atoms with E-state index in [0.29, 0.717) is 24.3 Å². The number of ether oxygens (including phenoxy) is 4. The SMILES string of the molecule is C=Cc1ccc(C(=O)Oc2cccc(OC(=O)c3ccc(C=Nc4ccc(CCCCCCCC)cc4)cc3)c2)cc1.CCCCCCCCc1ccc(N)cc1.CCCCCCCCc1ccc(N=Cc2ccc(OC/C=C\COc3ccc(C=Nc4ccc(CCCCCCCC)cc4)cc3)cc2)cc1.Oc1cccc(O)c1. The lowest BCUT2D eigenvalue weighted by atomic mass is 10.0. The van der Waals surface area contributed by atoms with Crippen molar-refractivity contribution in [2.45, 2.75) is 207 Å². The summed E-state index contributed by atoms with van der Waals surface area (Å²) >= 11 is 0. The molecule has 0 unspecified atom stereocenters. The molecular formula is C103H124N4O8. The molecule has 10 aromatic carbocycles. The van der Waals surface area contributed by atoms with Crippen molar-refractivity contribution in [1.82, 2.24) is 0 Å². The van der Waals surface area contributed by atoms with Gasteiger partial charge in [-0.2, -0.15) is 0 Å². The van der Waals surface area contributed by atoms with E-state index in [1.165, 1.54) is 207 Å². The minimum absolute atomic E-state index is 0.0880. The molecule has 0 aliphatic carbocycles. The lowest BCUT2D eigenvalue weighted by Gasteiger charge is -2.08. The summed E-state index contributed by atoms with van der Waals surface area (Å²) < 4.78 is 22.7. The van der Waals surface area contributed by atoms with Crippen LogP contribution in [0.1, 0.15) is 247 Å². The molecule has 0 fully saturated rings. The maximum atomic E-state index is 12.7. The summed E-state index contributed by atoms with van der Waals surface area (Å²) in [4.78, 5) is 39.0. The highest BCUT2D eigenvalue weighted by Gasteiger charge is 2.13. The number of phenolic OH excluding ortho intramolecular Hbond substituents is 2. The number of anilines is 1. The van der Waals surface area contributed by atoms with Crippen LogP contribution in [0.15, 0.2) is 276 Å². The number of nitrogen functional groups attached to an aromatic ring is 1. The Bertz CT molecular complexity index is 4280. The average Bonchev–Trinajstić information content (AvgIpc) is 0.855. The highest BCUT2D eigenvalue weighted by atomic mass is 16.5. The Morgan fingerprint density at radius 3 is 0.922 bits per heavy atom. The number of carbonyl (C=O) groups is 2. The van der Waals surface area contributed by atoms with Crippen LogP contribution in [0.3, 0.4) is 0 Å². The fraction of sp³-hybridized carbons (Fsp3) is 0.330. The van der Waals surface area contributed by atoms with Crippen molar-refractivity contribution in [2.24, 2.45) is 15.0 Å². The first-order valence-corrected chi connectivity index (χ1v) is 42.1. The summed E-state index contributed by atoms with van der Waals surface area (Å²) in [7, 11) is 0. The third kappa shape index (κ3) is 39.3. The summed E-state index contributed by atoms with van der Waals surface area (Å²) in [5.74, 6) is 1.37. The summed E-state index contributed by atoms with van der Waals surface area (Å²) in [6, 6.07) is 76.2. The smallest absolute Gasteiger partial charge is 0.343 e. The standard InChI is InChI=1S/C46H58N2O2.C37H37NO4.C14H23N.C6H6O2/c1-3-5-7-9-11-13-17-39-19-27-43(28-20-39)47-37-41-23-31-45(32-24-41)49-35-15-16-36-50-46-33-25-42(26-34-46)38-48-44-29-21-40(22-30-44)18-14-12-10-8-6-4-2;1-3-5-6-7-8-9-11-29-18-24-33(25-19-29)38-27-30-16-22-32(23-17-30)37(40)42-35-13-10-12-34(26-35)41-36(39)31-20-14-28(4-2)15-21-31;1-2-3-4-5-6-7-8-13-9-11-14(15)12-10-13;7-5-2-1-3-6(8)4-5/h15-16,19-34,37-38H,3-14,17-18,35-36H2,1-2H3;4,10,12-27H,2-3,5-9,11H2,1H3;9-12H,2-8,15H2,1H3;1-4,7-8H/b16-15-,47-37?,48-38?;;;. The Labute approximate surface area is 687 Å². The fourth-order valence-corrected chi connectivity index (χ4v) is 12.4. The normalized spacial score (nSPS) is 11.0. The Morgan fingerprint density at radius 2 is 0.617 bits per heavy atom. The molecule has 0 amide bonds. The van der Waals surface area contributed by atoms with E-state index in [0.717, 1.165) is 75.8 Å². The molecule has 0 aliphatic heterocycles. The van der Waals surface area contributed by atoms with Crippen molar-refractivity contribution >= 4 is 59.4 Å². The molecule has 0 spiro atoms. The third-order valence-corrected chi connectivity index (χ3v) is 19.4. The lowest BCUT2D eigenvalue weighted by molar-refractivity contribution is 0.0732. The lowest BCUT2D eigenvalue weighted by Crippen LogP contribution is -2.10. The van der Waals surface area contributed by atoms with Crippen LogP contribution in [0.25, 0.3) is 6.08 Å². The molecule has 0 atom stereocenters. The molecule has 12 nitrogen and oxygen atoms in total. The van der Waals surface area contributed by atoms with Crippen LogP contribution in [0.5, 0.6) is 34.5 Å². The molecule has 0 saturated heterocycles. The zero-order valence-corrected chi connectivity index (χ0v) is 68.7.